The highest BCUT2D eigenvalue weighted by molar-refractivity contribution is 5.80. The Bertz CT molecular complexity index is 420. The number of nitrogens with one attached hydrogen (secondary N) is 1. The molecule has 3 heteroatoms. The zero-order valence-corrected chi connectivity index (χ0v) is 7.18. The zero-order valence-electron chi connectivity index (χ0n) is 7.18. The Balaban J connectivity index is 2.59. The molecule has 2 rings (SSSR count). The molecule has 0 aliphatic heterocycles. The molecular weight excluding hydrogens is 167 g/mol. The lowest BCUT2D eigenvalue weighted by molar-refractivity contribution is 0.622. The minimum atomic E-state index is -0.149. The molecule has 0 fully saturated rings. The number of hydrogen-bond acceptors (Lipinski definition) is 1. The molecule has 2 aromatic rings. The van der Waals surface area contributed by atoms with E-state index in [9.17, 15) is 4.39 Å². The topological polar surface area (TPSA) is 41.8 Å². The van der Waals surface area contributed by atoms with Gasteiger partial charge in [-0.25, -0.2) is 4.39 Å². The highest BCUT2D eigenvalue weighted by Crippen LogP contribution is 2.19. The third-order valence-electron chi connectivity index (χ3n) is 2.16. The van der Waals surface area contributed by atoms with Gasteiger partial charge in [-0.2, -0.15) is 0 Å². The monoisotopic (exact) mass is 178 g/mol. The van der Waals surface area contributed by atoms with Gasteiger partial charge in [-0.1, -0.05) is 6.07 Å². The van der Waals surface area contributed by atoms with Crippen LogP contribution in [0.5, 0.6) is 0 Å². The van der Waals surface area contributed by atoms with Crippen molar-refractivity contribution in [2.45, 2.75) is 6.42 Å². The van der Waals surface area contributed by atoms with Crippen LogP contribution in [-0.2, 0) is 6.42 Å². The number of hydrogen-bond donors (Lipinski definition) is 2. The van der Waals surface area contributed by atoms with Gasteiger partial charge in [0, 0.05) is 17.1 Å². The number of halogens is 1. The summed E-state index contributed by atoms with van der Waals surface area (Å²) in [4.78, 5) is 2.96. The van der Waals surface area contributed by atoms with Crippen LogP contribution in [0, 0.1) is 5.82 Å². The average Bonchev–Trinajstić information content (AvgIpc) is 2.58. The molecule has 3 N–H and O–H groups in total. The predicted octanol–water partition coefficient (Wildman–Crippen LogP) is 1.81. The van der Waals surface area contributed by atoms with Gasteiger partial charge in [0.05, 0.1) is 0 Å². The van der Waals surface area contributed by atoms with Crippen molar-refractivity contribution in [3.05, 3.63) is 35.8 Å². The first-order valence-corrected chi connectivity index (χ1v) is 4.27. The third kappa shape index (κ3) is 1.31. The van der Waals surface area contributed by atoms with Crippen LogP contribution in [-0.4, -0.2) is 11.5 Å². The van der Waals surface area contributed by atoms with E-state index in [1.807, 2.05) is 6.07 Å². The molecule has 1 aromatic heterocycles. The van der Waals surface area contributed by atoms with Crippen molar-refractivity contribution in [3.63, 3.8) is 0 Å². The molecular formula is C10H11FN2. The van der Waals surface area contributed by atoms with Gasteiger partial charge in [0.2, 0.25) is 0 Å². The molecule has 0 bridgehead atoms. The largest absolute Gasteiger partial charge is 0.361 e. The lowest BCUT2D eigenvalue weighted by Gasteiger charge is -2.01. The van der Waals surface area contributed by atoms with Crippen LogP contribution < -0.4 is 5.73 Å². The predicted molar refractivity (Wildman–Crippen MR) is 51.0 cm³/mol. The normalized spacial score (nSPS) is 10.9. The number of aromatic nitrogens is 1. The second-order valence-corrected chi connectivity index (χ2v) is 3.02. The number of aromatic amines is 1. The van der Waals surface area contributed by atoms with E-state index in [0.717, 1.165) is 5.52 Å². The maximum absolute atomic E-state index is 13.6. The summed E-state index contributed by atoms with van der Waals surface area (Å²) in [6, 6.07) is 5.40. The van der Waals surface area contributed by atoms with Crippen molar-refractivity contribution in [2.24, 2.45) is 5.73 Å². The van der Waals surface area contributed by atoms with E-state index < -0.39 is 0 Å². The first-order chi connectivity index (χ1) is 6.33. The molecule has 0 aliphatic carbocycles. The number of benzene rings is 1. The van der Waals surface area contributed by atoms with Crippen LogP contribution in [0.3, 0.4) is 0 Å². The second-order valence-electron chi connectivity index (χ2n) is 3.02. The van der Waals surface area contributed by atoms with E-state index in [1.54, 1.807) is 18.3 Å². The molecule has 0 atom stereocenters. The summed E-state index contributed by atoms with van der Waals surface area (Å²) >= 11 is 0. The summed E-state index contributed by atoms with van der Waals surface area (Å²) < 4.78 is 13.6. The molecule has 0 aliphatic rings. The van der Waals surface area contributed by atoms with Crippen molar-refractivity contribution in [1.82, 2.24) is 4.98 Å². The fraction of sp³-hybridized carbons (Fsp3) is 0.200. The zero-order chi connectivity index (χ0) is 9.26. The molecule has 0 spiro atoms. The van der Waals surface area contributed by atoms with Crippen molar-refractivity contribution >= 4 is 10.9 Å². The Labute approximate surface area is 75.6 Å². The minimum Gasteiger partial charge on any atom is -0.361 e. The van der Waals surface area contributed by atoms with Crippen LogP contribution in [0.2, 0.25) is 0 Å². The van der Waals surface area contributed by atoms with Gasteiger partial charge in [-0.3, -0.25) is 0 Å². The lowest BCUT2D eigenvalue weighted by Crippen LogP contribution is -2.04. The van der Waals surface area contributed by atoms with Crippen LogP contribution >= 0.6 is 0 Å². The van der Waals surface area contributed by atoms with E-state index in [0.29, 0.717) is 23.9 Å². The second kappa shape index (κ2) is 3.18. The summed E-state index contributed by atoms with van der Waals surface area (Å²) in [6.45, 7) is 0.479. The SMILES string of the molecule is NCCc1ccc2[nH]ccc2c1F. The van der Waals surface area contributed by atoms with E-state index in [1.165, 1.54) is 0 Å². The summed E-state index contributed by atoms with van der Waals surface area (Å²) in [6.07, 6.45) is 2.33. The van der Waals surface area contributed by atoms with E-state index in [4.69, 9.17) is 5.73 Å². The Morgan fingerprint density at radius 1 is 1.31 bits per heavy atom. The molecule has 0 radical (unpaired) electrons. The van der Waals surface area contributed by atoms with Crippen molar-refractivity contribution in [1.29, 1.82) is 0 Å². The first-order valence-electron chi connectivity index (χ1n) is 4.27. The number of fused-ring (bicyclic) bond motifs is 1. The first kappa shape index (κ1) is 8.26. The highest BCUT2D eigenvalue weighted by Gasteiger charge is 2.06. The van der Waals surface area contributed by atoms with Gasteiger partial charge < -0.3 is 10.7 Å². The molecule has 0 saturated heterocycles. The molecule has 0 amide bonds. The van der Waals surface area contributed by atoms with E-state index in [-0.39, 0.29) is 5.82 Å². The minimum absolute atomic E-state index is 0.149. The fourth-order valence-electron chi connectivity index (χ4n) is 1.49. The van der Waals surface area contributed by atoms with Crippen molar-refractivity contribution in [2.75, 3.05) is 6.54 Å². The number of H-pyrrole nitrogens is 1. The summed E-state index contributed by atoms with van der Waals surface area (Å²) in [5.74, 6) is -0.149. The van der Waals surface area contributed by atoms with Crippen LogP contribution in [0.4, 0.5) is 4.39 Å². The quantitative estimate of drug-likeness (QED) is 0.723. The highest BCUT2D eigenvalue weighted by atomic mass is 19.1. The average molecular weight is 178 g/mol. The smallest absolute Gasteiger partial charge is 0.135 e. The maximum atomic E-state index is 13.6. The number of nitrogens with two attached hydrogens (primary N) is 1. The lowest BCUT2D eigenvalue weighted by atomic mass is 10.1. The molecule has 1 aromatic carbocycles. The molecule has 0 saturated carbocycles. The molecule has 13 heavy (non-hydrogen) atoms. The Hall–Kier alpha value is -1.35. The van der Waals surface area contributed by atoms with Gasteiger partial charge in [-0.15, -0.1) is 0 Å². The molecule has 2 nitrogen and oxygen atoms in total. The third-order valence-corrected chi connectivity index (χ3v) is 2.16. The van der Waals surface area contributed by atoms with E-state index >= 15 is 0 Å². The Kier molecular flexibility index (Phi) is 2.02. The van der Waals surface area contributed by atoms with Crippen LogP contribution in [0.1, 0.15) is 5.56 Å². The fourth-order valence-corrected chi connectivity index (χ4v) is 1.49. The van der Waals surface area contributed by atoms with Gasteiger partial charge in [0.15, 0.2) is 0 Å². The van der Waals surface area contributed by atoms with Crippen molar-refractivity contribution in [3.8, 4) is 0 Å². The van der Waals surface area contributed by atoms with Crippen LogP contribution in [0.15, 0.2) is 24.4 Å². The number of rotatable bonds is 2. The van der Waals surface area contributed by atoms with Gasteiger partial charge >= 0.3 is 0 Å². The Morgan fingerprint density at radius 3 is 2.92 bits per heavy atom. The van der Waals surface area contributed by atoms with E-state index in [2.05, 4.69) is 4.98 Å². The summed E-state index contributed by atoms with van der Waals surface area (Å²) in [7, 11) is 0. The van der Waals surface area contributed by atoms with Gasteiger partial charge in [0.25, 0.3) is 0 Å². The maximum Gasteiger partial charge on any atom is 0.135 e. The molecule has 0 unspecified atom stereocenters. The Morgan fingerprint density at radius 2 is 2.15 bits per heavy atom. The van der Waals surface area contributed by atoms with Crippen LogP contribution in [0.25, 0.3) is 10.9 Å². The summed E-state index contributed by atoms with van der Waals surface area (Å²) in [5.41, 5.74) is 6.90. The summed E-state index contributed by atoms with van der Waals surface area (Å²) in [5, 5.41) is 0.644. The molecule has 1 heterocycles. The van der Waals surface area contributed by atoms with Gasteiger partial charge in [-0.05, 0) is 30.7 Å². The standard InChI is InChI=1S/C10H11FN2/c11-10-7(3-5-12)1-2-9-8(10)4-6-13-9/h1-2,4,6,13H,3,5,12H2. The molecule has 68 valence electrons. The van der Waals surface area contributed by atoms with Crippen molar-refractivity contribution < 1.29 is 4.39 Å². The van der Waals surface area contributed by atoms with Gasteiger partial charge in [0.1, 0.15) is 5.82 Å².